The summed E-state index contributed by atoms with van der Waals surface area (Å²) in [6.07, 6.45) is 3.25. The van der Waals surface area contributed by atoms with Crippen molar-refractivity contribution >= 4 is 28.9 Å². The Morgan fingerprint density at radius 2 is 1.83 bits per heavy atom. The molecular weight excluding hydrogens is 334 g/mol. The van der Waals surface area contributed by atoms with Crippen molar-refractivity contribution in [1.82, 2.24) is 0 Å². The molecule has 1 fully saturated rings. The van der Waals surface area contributed by atoms with Crippen molar-refractivity contribution in [3.63, 3.8) is 0 Å². The van der Waals surface area contributed by atoms with Crippen molar-refractivity contribution in [3.05, 3.63) is 58.6 Å². The largest absolute Gasteiger partial charge is 0.370 e. The number of carbonyl (C=O) groups is 1. The number of halogens is 3. The van der Waals surface area contributed by atoms with E-state index in [2.05, 4.69) is 10.2 Å². The smallest absolute Gasteiger partial charge is 0.260 e. The van der Waals surface area contributed by atoms with Gasteiger partial charge < -0.3 is 10.2 Å². The predicted molar refractivity (Wildman–Crippen MR) is 91.8 cm³/mol. The van der Waals surface area contributed by atoms with Gasteiger partial charge in [-0.3, -0.25) is 4.79 Å². The van der Waals surface area contributed by atoms with Crippen molar-refractivity contribution in [1.29, 1.82) is 0 Å². The first-order valence-corrected chi connectivity index (χ1v) is 8.24. The summed E-state index contributed by atoms with van der Waals surface area (Å²) in [4.78, 5) is 14.5. The molecule has 6 heteroatoms. The topological polar surface area (TPSA) is 32.3 Å². The molecule has 1 aliphatic rings. The van der Waals surface area contributed by atoms with Crippen molar-refractivity contribution in [2.75, 3.05) is 23.3 Å². The minimum Gasteiger partial charge on any atom is -0.370 e. The highest BCUT2D eigenvalue weighted by Gasteiger charge is 2.20. The normalized spacial score (nSPS) is 14.5. The summed E-state index contributed by atoms with van der Waals surface area (Å²) in [7, 11) is 0. The average Bonchev–Trinajstić information content (AvgIpc) is 2.55. The van der Waals surface area contributed by atoms with Gasteiger partial charge >= 0.3 is 0 Å². The molecule has 24 heavy (non-hydrogen) atoms. The monoisotopic (exact) mass is 350 g/mol. The Morgan fingerprint density at radius 1 is 1.08 bits per heavy atom. The number of benzene rings is 2. The van der Waals surface area contributed by atoms with Gasteiger partial charge in [0, 0.05) is 13.1 Å². The summed E-state index contributed by atoms with van der Waals surface area (Å²) >= 11 is 5.93. The molecule has 3 nitrogen and oxygen atoms in total. The number of piperidine rings is 1. The van der Waals surface area contributed by atoms with Crippen molar-refractivity contribution in [2.45, 2.75) is 19.3 Å². The average molecular weight is 351 g/mol. The van der Waals surface area contributed by atoms with Gasteiger partial charge in [-0.15, -0.1) is 0 Å². The third-order valence-corrected chi connectivity index (χ3v) is 4.41. The molecule has 0 atom stereocenters. The molecule has 0 bridgehead atoms. The summed E-state index contributed by atoms with van der Waals surface area (Å²) in [5.74, 6) is -1.87. The molecule has 1 aliphatic heterocycles. The summed E-state index contributed by atoms with van der Waals surface area (Å²) < 4.78 is 27.6. The van der Waals surface area contributed by atoms with Crippen LogP contribution in [0.1, 0.15) is 29.6 Å². The van der Waals surface area contributed by atoms with Crippen LogP contribution in [0.15, 0.2) is 36.4 Å². The number of carbonyl (C=O) groups excluding carboxylic acids is 1. The van der Waals surface area contributed by atoms with Gasteiger partial charge in [-0.2, -0.15) is 0 Å². The minimum absolute atomic E-state index is 0.0171. The second-order valence-electron chi connectivity index (χ2n) is 5.76. The molecule has 2 aromatic carbocycles. The SMILES string of the molecule is O=C(Nc1cc(F)ccc1N1CCCCC1)c1c(F)cccc1Cl. The van der Waals surface area contributed by atoms with Crippen LogP contribution in [0.3, 0.4) is 0 Å². The lowest BCUT2D eigenvalue weighted by atomic mass is 10.1. The maximum Gasteiger partial charge on any atom is 0.260 e. The van der Waals surface area contributed by atoms with Gasteiger partial charge in [0.05, 0.1) is 22.0 Å². The van der Waals surface area contributed by atoms with Crippen LogP contribution in [0.5, 0.6) is 0 Å². The summed E-state index contributed by atoms with van der Waals surface area (Å²) in [5, 5.41) is 2.62. The fraction of sp³-hybridized carbons (Fsp3) is 0.278. The Morgan fingerprint density at radius 3 is 2.54 bits per heavy atom. The molecule has 1 amide bonds. The first kappa shape index (κ1) is 16.7. The van der Waals surface area contributed by atoms with E-state index in [9.17, 15) is 13.6 Å². The molecule has 0 aromatic heterocycles. The van der Waals surface area contributed by atoms with Crippen LogP contribution in [-0.2, 0) is 0 Å². The van der Waals surface area contributed by atoms with Crippen LogP contribution >= 0.6 is 11.6 Å². The van der Waals surface area contributed by atoms with Crippen molar-refractivity contribution in [2.24, 2.45) is 0 Å². The molecule has 0 radical (unpaired) electrons. The van der Waals surface area contributed by atoms with Crippen LogP contribution in [0.4, 0.5) is 20.2 Å². The van der Waals surface area contributed by atoms with E-state index in [1.807, 2.05) is 0 Å². The van der Waals surface area contributed by atoms with Gasteiger partial charge in [-0.05, 0) is 49.6 Å². The van der Waals surface area contributed by atoms with Gasteiger partial charge in [0.25, 0.3) is 5.91 Å². The van der Waals surface area contributed by atoms with Gasteiger partial charge in [0.1, 0.15) is 11.6 Å². The second kappa shape index (κ2) is 7.18. The van der Waals surface area contributed by atoms with E-state index < -0.39 is 17.5 Å². The molecule has 1 saturated heterocycles. The maximum atomic E-state index is 13.9. The fourth-order valence-electron chi connectivity index (χ4n) is 2.92. The highest BCUT2D eigenvalue weighted by molar-refractivity contribution is 6.34. The lowest BCUT2D eigenvalue weighted by molar-refractivity contribution is 0.102. The highest BCUT2D eigenvalue weighted by atomic mass is 35.5. The standard InChI is InChI=1S/C18H17ClF2N2O/c19-13-5-4-6-14(21)17(13)18(24)22-15-11-12(20)7-8-16(15)23-9-2-1-3-10-23/h4-8,11H,1-3,9-10H2,(H,22,24). The van der Waals surface area contributed by atoms with Gasteiger partial charge in [0.15, 0.2) is 0 Å². The van der Waals surface area contributed by atoms with E-state index in [4.69, 9.17) is 11.6 Å². The Labute approximate surface area is 144 Å². The zero-order valence-corrected chi connectivity index (χ0v) is 13.7. The Kier molecular flexibility index (Phi) is 5.00. The third-order valence-electron chi connectivity index (χ3n) is 4.09. The Hall–Kier alpha value is -2.14. The number of hydrogen-bond donors (Lipinski definition) is 1. The number of amides is 1. The molecule has 1 heterocycles. The fourth-order valence-corrected chi connectivity index (χ4v) is 3.17. The lowest BCUT2D eigenvalue weighted by Crippen LogP contribution is -2.30. The zero-order chi connectivity index (χ0) is 17.1. The van der Waals surface area contributed by atoms with Crippen LogP contribution < -0.4 is 10.2 Å². The van der Waals surface area contributed by atoms with Crippen LogP contribution in [0, 0.1) is 11.6 Å². The molecule has 3 rings (SSSR count). The Balaban J connectivity index is 1.91. The molecule has 0 unspecified atom stereocenters. The Bertz CT molecular complexity index is 740. The first-order chi connectivity index (χ1) is 11.6. The highest BCUT2D eigenvalue weighted by Crippen LogP contribution is 2.30. The lowest BCUT2D eigenvalue weighted by Gasteiger charge is -2.30. The van der Waals surface area contributed by atoms with Crippen molar-refractivity contribution in [3.8, 4) is 0 Å². The van der Waals surface area contributed by atoms with Crippen LogP contribution in [-0.4, -0.2) is 19.0 Å². The van der Waals surface area contributed by atoms with E-state index >= 15 is 0 Å². The number of rotatable bonds is 3. The quantitative estimate of drug-likeness (QED) is 0.857. The predicted octanol–water partition coefficient (Wildman–Crippen LogP) is 4.86. The summed E-state index contributed by atoms with van der Waals surface area (Å²) in [5.41, 5.74) is 0.811. The zero-order valence-electron chi connectivity index (χ0n) is 13.0. The first-order valence-electron chi connectivity index (χ1n) is 7.86. The number of nitrogens with zero attached hydrogens (tertiary/aromatic N) is 1. The molecule has 126 valence electrons. The van der Waals surface area contributed by atoms with Gasteiger partial charge in [-0.25, -0.2) is 8.78 Å². The van der Waals surface area contributed by atoms with Crippen molar-refractivity contribution < 1.29 is 13.6 Å². The van der Waals surface area contributed by atoms with Gasteiger partial charge in [0.2, 0.25) is 0 Å². The number of anilines is 2. The van der Waals surface area contributed by atoms with E-state index in [-0.39, 0.29) is 10.6 Å². The maximum absolute atomic E-state index is 13.9. The number of hydrogen-bond acceptors (Lipinski definition) is 2. The second-order valence-corrected chi connectivity index (χ2v) is 6.17. The minimum atomic E-state index is -0.712. The van der Waals surface area contributed by atoms with E-state index in [0.717, 1.165) is 44.1 Å². The molecule has 0 spiro atoms. The van der Waals surface area contributed by atoms with E-state index in [1.165, 1.54) is 24.3 Å². The van der Waals surface area contributed by atoms with E-state index in [0.29, 0.717) is 5.69 Å². The third kappa shape index (κ3) is 3.51. The number of nitrogens with one attached hydrogen (secondary N) is 1. The van der Waals surface area contributed by atoms with E-state index in [1.54, 1.807) is 6.07 Å². The molecular formula is C18H17ClF2N2O. The summed E-state index contributed by atoms with van der Waals surface area (Å²) in [6, 6.07) is 8.27. The van der Waals surface area contributed by atoms with Gasteiger partial charge in [-0.1, -0.05) is 17.7 Å². The molecule has 0 saturated carbocycles. The molecule has 2 aromatic rings. The molecule has 1 N–H and O–H groups in total. The summed E-state index contributed by atoms with van der Waals surface area (Å²) in [6.45, 7) is 1.68. The van der Waals surface area contributed by atoms with Crippen LogP contribution in [0.2, 0.25) is 5.02 Å². The molecule has 0 aliphatic carbocycles. The van der Waals surface area contributed by atoms with Crippen LogP contribution in [0.25, 0.3) is 0 Å².